The van der Waals surface area contributed by atoms with Crippen LogP contribution in [0.4, 0.5) is 0 Å². The molecule has 0 aliphatic rings. The summed E-state index contributed by atoms with van der Waals surface area (Å²) >= 11 is 11.9. The molecule has 5 nitrogen and oxygen atoms in total. The molecule has 0 aliphatic carbocycles. The summed E-state index contributed by atoms with van der Waals surface area (Å²) in [6, 6.07) is 7.13. The van der Waals surface area contributed by atoms with Crippen molar-refractivity contribution in [2.24, 2.45) is 7.05 Å². The number of rotatable bonds is 6. The molecular weight excluding hydrogens is 363 g/mol. The largest absolute Gasteiger partial charge is 0.491 e. The minimum atomic E-state index is -0.330. The third-order valence-corrected chi connectivity index (χ3v) is 4.73. The molecule has 0 fully saturated rings. The number of methoxy groups -OCH3 is 1. The highest BCUT2D eigenvalue weighted by atomic mass is 35.5. The van der Waals surface area contributed by atoms with Crippen LogP contribution in [0.5, 0.6) is 5.75 Å². The van der Waals surface area contributed by atoms with Gasteiger partial charge in [-0.15, -0.1) is 0 Å². The fourth-order valence-corrected chi connectivity index (χ4v) is 2.77. The first kappa shape index (κ1) is 19.3. The molecule has 134 valence electrons. The van der Waals surface area contributed by atoms with E-state index < -0.39 is 0 Å². The molecule has 0 aliphatic heterocycles. The Labute approximate surface area is 156 Å². The minimum Gasteiger partial charge on any atom is -0.491 e. The zero-order chi connectivity index (χ0) is 18.6. The average molecular weight is 383 g/mol. The molecular formula is C18H20Cl2N2O3. The lowest BCUT2D eigenvalue weighted by Crippen LogP contribution is -2.29. The summed E-state index contributed by atoms with van der Waals surface area (Å²) in [4.78, 5) is 24.5. The van der Waals surface area contributed by atoms with Crippen LogP contribution in [-0.2, 0) is 13.5 Å². The summed E-state index contributed by atoms with van der Waals surface area (Å²) in [6.07, 6.45) is 1.49. The van der Waals surface area contributed by atoms with Gasteiger partial charge >= 0.3 is 0 Å². The van der Waals surface area contributed by atoms with Crippen LogP contribution < -0.4 is 15.6 Å². The highest BCUT2D eigenvalue weighted by Crippen LogP contribution is 2.23. The lowest BCUT2D eigenvalue weighted by molar-refractivity contribution is 0.0949. The van der Waals surface area contributed by atoms with Crippen LogP contribution in [0.1, 0.15) is 28.0 Å². The number of benzene rings is 1. The number of halogens is 2. The number of nitrogens with one attached hydrogen (secondary N) is 1. The van der Waals surface area contributed by atoms with Crippen molar-refractivity contribution >= 4 is 29.1 Å². The standard InChI is InChI=1S/C18H20Cl2N2O3/c1-11-9-13(16(25-3)18(24)22(11)2)17(23)21-8-4-5-12-6-7-14(19)15(20)10-12/h6-7,9-10H,4-5,8H2,1-3H3,(H,21,23). The number of nitrogens with zero attached hydrogens (tertiary/aromatic N) is 1. The van der Waals surface area contributed by atoms with E-state index in [1.165, 1.54) is 11.7 Å². The van der Waals surface area contributed by atoms with Crippen molar-refractivity contribution in [2.75, 3.05) is 13.7 Å². The summed E-state index contributed by atoms with van der Waals surface area (Å²) in [7, 11) is 3.02. The van der Waals surface area contributed by atoms with E-state index in [2.05, 4.69) is 5.32 Å². The van der Waals surface area contributed by atoms with Crippen molar-refractivity contribution in [2.45, 2.75) is 19.8 Å². The van der Waals surface area contributed by atoms with Crippen molar-refractivity contribution in [1.82, 2.24) is 9.88 Å². The maximum absolute atomic E-state index is 12.4. The highest BCUT2D eigenvalue weighted by Gasteiger charge is 2.17. The van der Waals surface area contributed by atoms with Crippen LogP contribution in [0.3, 0.4) is 0 Å². The highest BCUT2D eigenvalue weighted by molar-refractivity contribution is 6.42. The van der Waals surface area contributed by atoms with Gasteiger partial charge in [0.15, 0.2) is 5.75 Å². The van der Waals surface area contributed by atoms with E-state index in [-0.39, 0.29) is 22.8 Å². The molecule has 1 heterocycles. The normalized spacial score (nSPS) is 10.6. The number of amides is 1. The summed E-state index contributed by atoms with van der Waals surface area (Å²) in [5.74, 6) is -0.276. The first-order valence-corrected chi connectivity index (χ1v) is 8.57. The Morgan fingerprint density at radius 1 is 1.24 bits per heavy atom. The molecule has 0 bridgehead atoms. The van der Waals surface area contributed by atoms with Gasteiger partial charge in [0, 0.05) is 19.3 Å². The monoisotopic (exact) mass is 382 g/mol. The molecule has 0 spiro atoms. The number of carbonyl (C=O) groups excluding carboxylic acids is 1. The van der Waals surface area contributed by atoms with Crippen LogP contribution in [0.15, 0.2) is 29.1 Å². The van der Waals surface area contributed by atoms with E-state index in [0.29, 0.717) is 22.3 Å². The number of pyridine rings is 1. The van der Waals surface area contributed by atoms with Crippen molar-refractivity contribution in [3.8, 4) is 5.75 Å². The van der Waals surface area contributed by atoms with Gasteiger partial charge in [0.2, 0.25) is 0 Å². The van der Waals surface area contributed by atoms with Crippen LogP contribution in [-0.4, -0.2) is 24.1 Å². The molecule has 0 saturated heterocycles. The molecule has 2 aromatic rings. The Morgan fingerprint density at radius 3 is 2.60 bits per heavy atom. The number of aromatic nitrogens is 1. The van der Waals surface area contributed by atoms with Gasteiger partial charge in [-0.3, -0.25) is 9.59 Å². The maximum Gasteiger partial charge on any atom is 0.293 e. The van der Waals surface area contributed by atoms with E-state index in [1.54, 1.807) is 26.1 Å². The molecule has 25 heavy (non-hydrogen) atoms. The quantitative estimate of drug-likeness (QED) is 0.779. The Morgan fingerprint density at radius 2 is 1.96 bits per heavy atom. The van der Waals surface area contributed by atoms with Gasteiger partial charge in [0.25, 0.3) is 11.5 Å². The molecule has 0 unspecified atom stereocenters. The molecule has 1 aromatic carbocycles. The molecule has 1 aromatic heterocycles. The van der Waals surface area contributed by atoms with Gasteiger partial charge in [-0.2, -0.15) is 0 Å². The average Bonchev–Trinajstić information content (AvgIpc) is 2.59. The van der Waals surface area contributed by atoms with Crippen LogP contribution in [0.25, 0.3) is 0 Å². The van der Waals surface area contributed by atoms with Gasteiger partial charge in [-0.25, -0.2) is 0 Å². The Bertz CT molecular complexity index is 847. The van der Waals surface area contributed by atoms with E-state index >= 15 is 0 Å². The Balaban J connectivity index is 1.99. The van der Waals surface area contributed by atoms with Crippen molar-refractivity contribution in [1.29, 1.82) is 0 Å². The second kappa shape index (κ2) is 8.41. The first-order chi connectivity index (χ1) is 11.8. The molecule has 1 amide bonds. The second-order valence-electron chi connectivity index (χ2n) is 5.70. The molecule has 0 radical (unpaired) electrons. The van der Waals surface area contributed by atoms with Crippen molar-refractivity contribution < 1.29 is 9.53 Å². The zero-order valence-electron chi connectivity index (χ0n) is 14.4. The maximum atomic E-state index is 12.4. The lowest BCUT2D eigenvalue weighted by atomic mass is 10.1. The van der Waals surface area contributed by atoms with Gasteiger partial charge in [0.1, 0.15) is 0 Å². The zero-order valence-corrected chi connectivity index (χ0v) is 15.9. The number of hydrogen-bond acceptors (Lipinski definition) is 3. The van der Waals surface area contributed by atoms with Gasteiger partial charge in [-0.05, 0) is 43.5 Å². The topological polar surface area (TPSA) is 60.3 Å². The van der Waals surface area contributed by atoms with Crippen LogP contribution >= 0.6 is 23.2 Å². The van der Waals surface area contributed by atoms with Gasteiger partial charge in [-0.1, -0.05) is 29.3 Å². The van der Waals surface area contributed by atoms with E-state index in [9.17, 15) is 9.59 Å². The molecule has 7 heteroatoms. The Kier molecular flexibility index (Phi) is 6.51. The molecule has 0 saturated carbocycles. The summed E-state index contributed by atoms with van der Waals surface area (Å²) < 4.78 is 6.56. The predicted molar refractivity (Wildman–Crippen MR) is 100 cm³/mol. The number of aryl methyl sites for hydroxylation is 2. The smallest absolute Gasteiger partial charge is 0.293 e. The van der Waals surface area contributed by atoms with Crippen molar-refractivity contribution in [3.05, 3.63) is 61.5 Å². The Hall–Kier alpha value is -1.98. The van der Waals surface area contributed by atoms with Crippen LogP contribution in [0, 0.1) is 6.92 Å². The minimum absolute atomic E-state index is 0.0510. The van der Waals surface area contributed by atoms with Crippen LogP contribution in [0.2, 0.25) is 10.0 Å². The summed E-state index contributed by atoms with van der Waals surface area (Å²) in [6.45, 7) is 2.23. The molecule has 2 rings (SSSR count). The third-order valence-electron chi connectivity index (χ3n) is 3.99. The number of carbonyl (C=O) groups is 1. The lowest BCUT2D eigenvalue weighted by Gasteiger charge is -2.12. The molecule has 0 atom stereocenters. The van der Waals surface area contributed by atoms with Crippen molar-refractivity contribution in [3.63, 3.8) is 0 Å². The van der Waals surface area contributed by atoms with Gasteiger partial charge in [0.05, 0.1) is 22.7 Å². The van der Waals surface area contributed by atoms with E-state index in [1.807, 2.05) is 12.1 Å². The predicted octanol–water partition coefficient (Wildman–Crippen LogP) is 3.37. The first-order valence-electron chi connectivity index (χ1n) is 7.82. The van der Waals surface area contributed by atoms with E-state index in [0.717, 1.165) is 18.4 Å². The SMILES string of the molecule is COc1c(C(=O)NCCCc2ccc(Cl)c(Cl)c2)cc(C)n(C)c1=O. The second-order valence-corrected chi connectivity index (χ2v) is 6.52. The fraction of sp³-hybridized carbons (Fsp3) is 0.333. The summed E-state index contributed by atoms with van der Waals surface area (Å²) in [5, 5.41) is 3.86. The van der Waals surface area contributed by atoms with E-state index in [4.69, 9.17) is 27.9 Å². The summed E-state index contributed by atoms with van der Waals surface area (Å²) in [5.41, 5.74) is 1.65. The number of hydrogen-bond donors (Lipinski definition) is 1. The van der Waals surface area contributed by atoms with Gasteiger partial charge < -0.3 is 14.6 Å². The molecule has 1 N–H and O–H groups in total. The number of ether oxygens (including phenoxy) is 1. The third kappa shape index (κ3) is 4.55. The fourth-order valence-electron chi connectivity index (χ4n) is 2.45.